The highest BCUT2D eigenvalue weighted by atomic mass is 35.5. The van der Waals surface area contributed by atoms with Gasteiger partial charge in [0.25, 0.3) is 5.91 Å². The fraction of sp³-hybridized carbons (Fsp3) is 0.0476. The van der Waals surface area contributed by atoms with Gasteiger partial charge in [-0.3, -0.25) is 14.9 Å². The lowest BCUT2D eigenvalue weighted by molar-refractivity contribution is -0.385. The lowest BCUT2D eigenvalue weighted by Crippen LogP contribution is -2.20. The van der Waals surface area contributed by atoms with Crippen molar-refractivity contribution in [3.8, 4) is 17.2 Å². The normalized spacial score (nSPS) is 10.7. The molecule has 0 saturated carbocycles. The van der Waals surface area contributed by atoms with Crippen LogP contribution in [0, 0.1) is 10.1 Å². The molecular formula is C21H14ClN3O5. The molecule has 0 radical (unpaired) electrons. The van der Waals surface area contributed by atoms with Gasteiger partial charge >= 0.3 is 5.69 Å². The van der Waals surface area contributed by atoms with Crippen molar-refractivity contribution in [3.63, 3.8) is 0 Å². The molecule has 0 fully saturated rings. The molecule has 0 bridgehead atoms. The van der Waals surface area contributed by atoms with Crippen molar-refractivity contribution in [1.82, 2.24) is 4.98 Å². The van der Waals surface area contributed by atoms with E-state index in [-0.39, 0.29) is 18.0 Å². The van der Waals surface area contributed by atoms with Gasteiger partial charge in [0.2, 0.25) is 5.89 Å². The molecule has 0 aliphatic carbocycles. The Labute approximate surface area is 175 Å². The van der Waals surface area contributed by atoms with Crippen molar-refractivity contribution >= 4 is 40.0 Å². The minimum Gasteiger partial charge on any atom is -0.477 e. The first-order valence-electron chi connectivity index (χ1n) is 8.82. The Bertz CT molecular complexity index is 1250. The van der Waals surface area contributed by atoms with E-state index in [1.807, 2.05) is 6.07 Å². The fourth-order valence-electron chi connectivity index (χ4n) is 2.82. The van der Waals surface area contributed by atoms with Crippen LogP contribution in [0.1, 0.15) is 0 Å². The first-order chi connectivity index (χ1) is 14.5. The summed E-state index contributed by atoms with van der Waals surface area (Å²) in [7, 11) is 0. The Morgan fingerprint density at radius 2 is 1.97 bits per heavy atom. The van der Waals surface area contributed by atoms with E-state index in [2.05, 4.69) is 10.3 Å². The largest absolute Gasteiger partial charge is 0.477 e. The molecule has 4 aromatic rings. The van der Waals surface area contributed by atoms with E-state index in [0.29, 0.717) is 27.7 Å². The molecule has 0 atom stereocenters. The quantitative estimate of drug-likeness (QED) is 0.342. The van der Waals surface area contributed by atoms with Gasteiger partial charge in [-0.2, -0.15) is 0 Å². The zero-order chi connectivity index (χ0) is 21.1. The van der Waals surface area contributed by atoms with Crippen LogP contribution in [0.3, 0.4) is 0 Å². The van der Waals surface area contributed by atoms with Crippen LogP contribution in [-0.4, -0.2) is 22.4 Å². The lowest BCUT2D eigenvalue weighted by Gasteiger charge is -2.07. The molecule has 3 aromatic carbocycles. The number of fused-ring (bicyclic) bond motifs is 1. The number of para-hydroxylation sites is 2. The smallest absolute Gasteiger partial charge is 0.310 e. The third-order valence-electron chi connectivity index (χ3n) is 4.16. The molecule has 0 unspecified atom stereocenters. The van der Waals surface area contributed by atoms with E-state index in [0.717, 1.165) is 5.56 Å². The minimum atomic E-state index is -0.566. The highest BCUT2D eigenvalue weighted by Crippen LogP contribution is 2.28. The van der Waals surface area contributed by atoms with Crippen LogP contribution in [0.15, 0.2) is 71.1 Å². The van der Waals surface area contributed by atoms with Crippen molar-refractivity contribution < 1.29 is 18.9 Å². The van der Waals surface area contributed by atoms with Gasteiger partial charge in [-0.25, -0.2) is 4.98 Å². The number of anilines is 1. The molecule has 1 N–H and O–H groups in total. The molecule has 150 valence electrons. The number of hydrogen-bond donors (Lipinski definition) is 1. The summed E-state index contributed by atoms with van der Waals surface area (Å²) in [6.07, 6.45) is 0. The number of ether oxygens (including phenoxy) is 1. The molecular weight excluding hydrogens is 410 g/mol. The van der Waals surface area contributed by atoms with Crippen molar-refractivity contribution in [2.45, 2.75) is 0 Å². The number of hydrogen-bond acceptors (Lipinski definition) is 6. The van der Waals surface area contributed by atoms with Gasteiger partial charge in [-0.15, -0.1) is 0 Å². The highest BCUT2D eigenvalue weighted by Gasteiger charge is 2.15. The number of aromatic nitrogens is 1. The maximum Gasteiger partial charge on any atom is 0.310 e. The topological polar surface area (TPSA) is 108 Å². The van der Waals surface area contributed by atoms with Crippen LogP contribution in [0.4, 0.5) is 11.4 Å². The number of halogens is 1. The summed E-state index contributed by atoms with van der Waals surface area (Å²) in [5.74, 6) is -0.0301. The molecule has 1 heterocycles. The van der Waals surface area contributed by atoms with Gasteiger partial charge in [-0.1, -0.05) is 29.8 Å². The third-order valence-corrected chi connectivity index (χ3v) is 4.40. The zero-order valence-electron chi connectivity index (χ0n) is 15.4. The Morgan fingerprint density at radius 1 is 1.13 bits per heavy atom. The van der Waals surface area contributed by atoms with Gasteiger partial charge in [0.1, 0.15) is 5.52 Å². The fourth-order valence-corrected chi connectivity index (χ4v) is 3.01. The van der Waals surface area contributed by atoms with Crippen LogP contribution in [0.5, 0.6) is 5.75 Å². The summed E-state index contributed by atoms with van der Waals surface area (Å²) >= 11 is 6.01. The predicted molar refractivity (Wildman–Crippen MR) is 112 cm³/mol. The summed E-state index contributed by atoms with van der Waals surface area (Å²) in [5, 5.41) is 14.3. The van der Waals surface area contributed by atoms with Crippen LogP contribution in [-0.2, 0) is 4.79 Å². The molecule has 9 heteroatoms. The number of rotatable bonds is 6. The molecule has 30 heavy (non-hydrogen) atoms. The molecule has 4 rings (SSSR count). The number of amides is 1. The van der Waals surface area contributed by atoms with E-state index in [4.69, 9.17) is 20.8 Å². The number of nitrogens with zero attached hydrogens (tertiary/aromatic N) is 2. The van der Waals surface area contributed by atoms with E-state index in [1.165, 1.54) is 18.2 Å². The van der Waals surface area contributed by atoms with Gasteiger partial charge in [0.15, 0.2) is 17.9 Å². The number of benzene rings is 3. The Kier molecular flexibility index (Phi) is 5.32. The number of nitrogens with one attached hydrogen (secondary N) is 1. The van der Waals surface area contributed by atoms with E-state index >= 15 is 0 Å². The highest BCUT2D eigenvalue weighted by molar-refractivity contribution is 6.30. The molecule has 1 aromatic heterocycles. The number of nitro groups is 1. The zero-order valence-corrected chi connectivity index (χ0v) is 16.1. The molecule has 8 nitrogen and oxygen atoms in total. The van der Waals surface area contributed by atoms with Crippen LogP contribution in [0.2, 0.25) is 5.02 Å². The summed E-state index contributed by atoms with van der Waals surface area (Å²) in [6.45, 7) is -0.379. The average Bonchev–Trinajstić information content (AvgIpc) is 3.16. The number of carbonyl (C=O) groups excluding carboxylic acids is 1. The summed E-state index contributed by atoms with van der Waals surface area (Å²) in [6, 6.07) is 18.0. The third kappa shape index (κ3) is 4.23. The summed E-state index contributed by atoms with van der Waals surface area (Å²) in [5.41, 5.74) is 2.14. The number of oxazole rings is 1. The summed E-state index contributed by atoms with van der Waals surface area (Å²) < 4.78 is 11.0. The standard InChI is InChI=1S/C21H14ClN3O5/c22-14-5-3-4-13(10-14)21-24-16-11-15(8-9-18(16)30-21)23-20(26)12-29-19-7-2-1-6-17(19)25(27)28/h1-11H,12H2,(H,23,26). The predicted octanol–water partition coefficient (Wildman–Crippen LogP) is 5.07. The molecule has 0 saturated heterocycles. The lowest BCUT2D eigenvalue weighted by atomic mass is 10.2. The first-order valence-corrected chi connectivity index (χ1v) is 9.20. The number of carbonyl (C=O) groups is 1. The van der Waals surface area contributed by atoms with Crippen LogP contribution >= 0.6 is 11.6 Å². The van der Waals surface area contributed by atoms with E-state index < -0.39 is 10.8 Å². The Balaban J connectivity index is 1.46. The minimum absolute atomic E-state index is 0.0239. The van der Waals surface area contributed by atoms with Crippen LogP contribution < -0.4 is 10.1 Å². The maximum atomic E-state index is 12.2. The van der Waals surface area contributed by atoms with E-state index in [9.17, 15) is 14.9 Å². The van der Waals surface area contributed by atoms with Crippen molar-refractivity contribution in [1.29, 1.82) is 0 Å². The first kappa shape index (κ1) is 19.4. The van der Waals surface area contributed by atoms with E-state index in [1.54, 1.807) is 42.5 Å². The molecule has 0 aliphatic rings. The van der Waals surface area contributed by atoms with Crippen LogP contribution in [0.25, 0.3) is 22.6 Å². The second-order valence-electron chi connectivity index (χ2n) is 6.27. The van der Waals surface area contributed by atoms with Gasteiger partial charge < -0.3 is 14.5 Å². The second-order valence-corrected chi connectivity index (χ2v) is 6.71. The Hall–Kier alpha value is -3.91. The summed E-state index contributed by atoms with van der Waals surface area (Å²) in [4.78, 5) is 27.1. The average molecular weight is 424 g/mol. The molecule has 1 amide bonds. The van der Waals surface area contributed by atoms with Crippen molar-refractivity contribution in [2.75, 3.05) is 11.9 Å². The maximum absolute atomic E-state index is 12.2. The van der Waals surface area contributed by atoms with Gasteiger partial charge in [0.05, 0.1) is 4.92 Å². The number of nitro benzene ring substituents is 1. The molecule has 0 aliphatic heterocycles. The van der Waals surface area contributed by atoms with Gasteiger partial charge in [0, 0.05) is 22.3 Å². The van der Waals surface area contributed by atoms with Crippen molar-refractivity contribution in [3.05, 3.63) is 81.9 Å². The molecule has 0 spiro atoms. The Morgan fingerprint density at radius 3 is 2.77 bits per heavy atom. The SMILES string of the molecule is O=C(COc1ccccc1[N+](=O)[O-])Nc1ccc2oc(-c3cccc(Cl)c3)nc2c1. The van der Waals surface area contributed by atoms with Crippen molar-refractivity contribution in [2.24, 2.45) is 0 Å². The second kappa shape index (κ2) is 8.22. The monoisotopic (exact) mass is 423 g/mol. The van der Waals surface area contributed by atoms with Gasteiger partial charge in [-0.05, 0) is 42.5 Å².